The Kier molecular flexibility index (Phi) is 5.72. The first-order chi connectivity index (χ1) is 14.5. The maximum Gasteiger partial charge on any atom is 0.274 e. The molecule has 1 aliphatic rings. The summed E-state index contributed by atoms with van der Waals surface area (Å²) in [6, 6.07) is 13.5. The van der Waals surface area contributed by atoms with Crippen molar-refractivity contribution in [2.45, 2.75) is 13.8 Å². The maximum absolute atomic E-state index is 12.8. The summed E-state index contributed by atoms with van der Waals surface area (Å²) in [5.41, 5.74) is 4.82. The van der Waals surface area contributed by atoms with Crippen molar-refractivity contribution in [3.8, 4) is 0 Å². The first kappa shape index (κ1) is 20.0. The van der Waals surface area contributed by atoms with E-state index < -0.39 is 0 Å². The van der Waals surface area contributed by atoms with Gasteiger partial charge in [0.1, 0.15) is 5.69 Å². The zero-order valence-corrected chi connectivity index (χ0v) is 17.3. The van der Waals surface area contributed by atoms with E-state index in [0.717, 1.165) is 22.3 Å². The van der Waals surface area contributed by atoms with Gasteiger partial charge in [0.25, 0.3) is 5.91 Å². The lowest BCUT2D eigenvalue weighted by Gasteiger charge is -2.34. The largest absolute Gasteiger partial charge is 0.335 e. The standard InChI is InChI=1S/C23H25N5O2/c1-16-6-5-7-17(2)22(16)26-21(29)15-27-10-12-28(13-11-27)23(30)20-14-24-18-8-3-4-9-19(18)25-20/h3-9,14H,10-13,15H2,1-2H3,(H,26,29). The molecule has 0 aliphatic carbocycles. The Morgan fingerprint density at radius 2 is 1.60 bits per heavy atom. The first-order valence-electron chi connectivity index (χ1n) is 10.1. The second-order valence-electron chi connectivity index (χ2n) is 7.63. The van der Waals surface area contributed by atoms with Gasteiger partial charge >= 0.3 is 0 Å². The van der Waals surface area contributed by atoms with Crippen LogP contribution in [0.2, 0.25) is 0 Å². The molecular formula is C23H25N5O2. The lowest BCUT2D eigenvalue weighted by Crippen LogP contribution is -2.50. The second-order valence-corrected chi connectivity index (χ2v) is 7.63. The molecular weight excluding hydrogens is 378 g/mol. The predicted octanol–water partition coefficient (Wildman–Crippen LogP) is 2.64. The number of anilines is 1. The summed E-state index contributed by atoms with van der Waals surface area (Å²) < 4.78 is 0. The molecule has 0 atom stereocenters. The number of nitrogens with one attached hydrogen (secondary N) is 1. The molecule has 3 aromatic rings. The average molecular weight is 403 g/mol. The predicted molar refractivity (Wildman–Crippen MR) is 116 cm³/mol. The molecule has 1 aromatic heterocycles. The molecule has 0 radical (unpaired) electrons. The summed E-state index contributed by atoms with van der Waals surface area (Å²) >= 11 is 0. The molecule has 0 spiro atoms. The van der Waals surface area contributed by atoms with Gasteiger partial charge in [-0.1, -0.05) is 30.3 Å². The van der Waals surface area contributed by atoms with Gasteiger partial charge < -0.3 is 10.2 Å². The van der Waals surface area contributed by atoms with Gasteiger partial charge in [0.2, 0.25) is 5.91 Å². The number of amides is 2. The number of fused-ring (bicyclic) bond motifs is 1. The molecule has 4 rings (SSSR count). The summed E-state index contributed by atoms with van der Waals surface area (Å²) in [5.74, 6) is -0.152. The molecule has 0 bridgehead atoms. The van der Waals surface area contributed by atoms with Crippen molar-refractivity contribution < 1.29 is 9.59 Å². The summed E-state index contributed by atoms with van der Waals surface area (Å²) in [5, 5.41) is 3.02. The van der Waals surface area contributed by atoms with Crippen LogP contribution in [0.4, 0.5) is 5.69 Å². The summed E-state index contributed by atoms with van der Waals surface area (Å²) in [7, 11) is 0. The van der Waals surface area contributed by atoms with Gasteiger partial charge in [-0.3, -0.25) is 19.5 Å². The van der Waals surface area contributed by atoms with E-state index >= 15 is 0 Å². The third-order valence-corrected chi connectivity index (χ3v) is 5.44. The Hall–Kier alpha value is -3.32. The van der Waals surface area contributed by atoms with Gasteiger partial charge in [-0.05, 0) is 37.1 Å². The molecule has 0 unspecified atom stereocenters. The Bertz CT molecular complexity index is 1070. The molecule has 2 aromatic carbocycles. The van der Waals surface area contributed by atoms with E-state index in [9.17, 15) is 9.59 Å². The fourth-order valence-corrected chi connectivity index (χ4v) is 3.72. The van der Waals surface area contributed by atoms with E-state index in [1.54, 1.807) is 4.90 Å². The highest BCUT2D eigenvalue weighted by molar-refractivity contribution is 5.94. The smallest absolute Gasteiger partial charge is 0.274 e. The summed E-state index contributed by atoms with van der Waals surface area (Å²) in [4.78, 5) is 37.9. The number of aromatic nitrogens is 2. The van der Waals surface area contributed by atoms with Crippen LogP contribution in [0, 0.1) is 13.8 Å². The van der Waals surface area contributed by atoms with Crippen LogP contribution in [0.1, 0.15) is 21.6 Å². The van der Waals surface area contributed by atoms with Crippen LogP contribution in [-0.2, 0) is 4.79 Å². The molecule has 30 heavy (non-hydrogen) atoms. The number of piperazine rings is 1. The highest BCUT2D eigenvalue weighted by atomic mass is 16.2. The first-order valence-corrected chi connectivity index (χ1v) is 10.1. The van der Waals surface area contributed by atoms with Crippen LogP contribution in [0.5, 0.6) is 0 Å². The van der Waals surface area contributed by atoms with E-state index in [2.05, 4.69) is 20.2 Å². The molecule has 1 aliphatic heterocycles. The number of carbonyl (C=O) groups is 2. The van der Waals surface area contributed by atoms with Gasteiger partial charge in [-0.25, -0.2) is 4.98 Å². The molecule has 7 heteroatoms. The van der Waals surface area contributed by atoms with E-state index in [4.69, 9.17) is 0 Å². The SMILES string of the molecule is Cc1cccc(C)c1NC(=O)CN1CCN(C(=O)c2cnc3ccccc3n2)CC1. The van der Waals surface area contributed by atoms with Crippen LogP contribution in [0.15, 0.2) is 48.7 Å². The van der Waals surface area contributed by atoms with E-state index in [1.165, 1.54) is 6.20 Å². The van der Waals surface area contributed by atoms with Crippen molar-refractivity contribution in [1.82, 2.24) is 19.8 Å². The number of nitrogens with zero attached hydrogens (tertiary/aromatic N) is 4. The van der Waals surface area contributed by atoms with Crippen molar-refractivity contribution in [3.63, 3.8) is 0 Å². The lowest BCUT2D eigenvalue weighted by atomic mass is 10.1. The number of hydrogen-bond acceptors (Lipinski definition) is 5. The third kappa shape index (κ3) is 4.31. The fraction of sp³-hybridized carbons (Fsp3) is 0.304. The topological polar surface area (TPSA) is 78.4 Å². The molecule has 0 saturated carbocycles. The second kappa shape index (κ2) is 8.59. The highest BCUT2D eigenvalue weighted by Crippen LogP contribution is 2.19. The average Bonchev–Trinajstić information content (AvgIpc) is 2.76. The van der Waals surface area contributed by atoms with Crippen molar-refractivity contribution in [2.75, 3.05) is 38.0 Å². The molecule has 1 fully saturated rings. The molecule has 7 nitrogen and oxygen atoms in total. The molecule has 2 amide bonds. The Morgan fingerprint density at radius 1 is 0.933 bits per heavy atom. The van der Waals surface area contributed by atoms with Crippen molar-refractivity contribution in [2.24, 2.45) is 0 Å². The summed E-state index contributed by atoms with van der Waals surface area (Å²) in [6.07, 6.45) is 1.54. The molecule has 154 valence electrons. The van der Waals surface area contributed by atoms with Crippen molar-refractivity contribution in [1.29, 1.82) is 0 Å². The zero-order chi connectivity index (χ0) is 21.1. The Morgan fingerprint density at radius 3 is 2.30 bits per heavy atom. The maximum atomic E-state index is 12.8. The Labute approximate surface area is 175 Å². The fourth-order valence-electron chi connectivity index (χ4n) is 3.72. The Balaban J connectivity index is 1.33. The highest BCUT2D eigenvalue weighted by Gasteiger charge is 2.24. The van der Waals surface area contributed by atoms with E-state index in [1.807, 2.05) is 56.3 Å². The minimum Gasteiger partial charge on any atom is -0.335 e. The zero-order valence-electron chi connectivity index (χ0n) is 17.3. The number of benzene rings is 2. The monoisotopic (exact) mass is 403 g/mol. The van der Waals surface area contributed by atoms with Crippen molar-refractivity contribution in [3.05, 3.63) is 65.5 Å². The number of hydrogen-bond donors (Lipinski definition) is 1. The quantitative estimate of drug-likeness (QED) is 0.725. The van der Waals surface area contributed by atoms with Gasteiger partial charge in [0.15, 0.2) is 0 Å². The number of aryl methyl sites for hydroxylation is 2. The molecule has 1 N–H and O–H groups in total. The van der Waals surface area contributed by atoms with E-state index in [-0.39, 0.29) is 11.8 Å². The van der Waals surface area contributed by atoms with Crippen LogP contribution in [-0.4, -0.2) is 64.3 Å². The van der Waals surface area contributed by atoms with Gasteiger partial charge in [0, 0.05) is 31.9 Å². The third-order valence-electron chi connectivity index (χ3n) is 5.44. The van der Waals surface area contributed by atoms with Crippen LogP contribution >= 0.6 is 0 Å². The van der Waals surface area contributed by atoms with Crippen LogP contribution < -0.4 is 5.32 Å². The van der Waals surface area contributed by atoms with Gasteiger partial charge in [-0.2, -0.15) is 0 Å². The van der Waals surface area contributed by atoms with Crippen LogP contribution in [0.25, 0.3) is 11.0 Å². The minimum atomic E-state index is -0.118. The van der Waals surface area contributed by atoms with Gasteiger partial charge in [-0.15, -0.1) is 0 Å². The molecule has 1 saturated heterocycles. The van der Waals surface area contributed by atoms with Crippen LogP contribution in [0.3, 0.4) is 0 Å². The number of para-hydroxylation sites is 3. The minimum absolute atomic E-state index is 0.0347. The summed E-state index contributed by atoms with van der Waals surface area (Å²) in [6.45, 7) is 6.70. The van der Waals surface area contributed by atoms with Gasteiger partial charge in [0.05, 0.1) is 23.8 Å². The normalized spacial score (nSPS) is 14.7. The lowest BCUT2D eigenvalue weighted by molar-refractivity contribution is -0.117. The molecule has 2 heterocycles. The van der Waals surface area contributed by atoms with E-state index in [0.29, 0.717) is 43.9 Å². The number of rotatable bonds is 4. The number of carbonyl (C=O) groups excluding carboxylic acids is 2. The van der Waals surface area contributed by atoms with Crippen molar-refractivity contribution >= 4 is 28.5 Å².